The van der Waals surface area contributed by atoms with Crippen LogP contribution in [0.2, 0.25) is 0 Å². The van der Waals surface area contributed by atoms with Gasteiger partial charge in [0, 0.05) is 19.6 Å². The fraction of sp³-hybridized carbons (Fsp3) is 0.692. The molecule has 118 valence electrons. The fourth-order valence-corrected chi connectivity index (χ4v) is 1.17. The molecule has 0 aliphatic rings. The Morgan fingerprint density at radius 3 is 2.55 bits per heavy atom. The highest BCUT2D eigenvalue weighted by Gasteiger charge is 2.15. The van der Waals surface area contributed by atoms with Crippen LogP contribution in [-0.4, -0.2) is 37.3 Å². The van der Waals surface area contributed by atoms with Crippen molar-refractivity contribution in [2.24, 2.45) is 10.7 Å². The molecule has 0 saturated carbocycles. The van der Waals surface area contributed by atoms with E-state index in [0.717, 1.165) is 12.8 Å². The lowest BCUT2D eigenvalue weighted by Crippen LogP contribution is -2.33. The third kappa shape index (κ3) is 15.1. The van der Waals surface area contributed by atoms with E-state index >= 15 is 0 Å². The summed E-state index contributed by atoms with van der Waals surface area (Å²) in [6, 6.07) is 0. The number of amides is 1. The Balaban J connectivity index is 0. The van der Waals surface area contributed by atoms with E-state index in [2.05, 4.69) is 22.2 Å². The average Bonchev–Trinajstić information content (AvgIpc) is 2.28. The van der Waals surface area contributed by atoms with Gasteiger partial charge in [-0.1, -0.05) is 6.08 Å². The minimum Gasteiger partial charge on any atom is -0.444 e. The number of unbranched alkanes of at least 4 members (excludes halogenated alkanes) is 1. The van der Waals surface area contributed by atoms with E-state index in [-0.39, 0.29) is 30.1 Å². The lowest BCUT2D eigenvalue weighted by molar-refractivity contribution is 0.0527. The van der Waals surface area contributed by atoms with Crippen LogP contribution in [0, 0.1) is 0 Å². The zero-order valence-corrected chi connectivity index (χ0v) is 14.9. The Hall–Kier alpha value is -0.990. The summed E-state index contributed by atoms with van der Waals surface area (Å²) in [7, 11) is 0. The average molecular weight is 398 g/mol. The number of nitrogens with zero attached hydrogens (tertiary/aromatic N) is 1. The molecule has 20 heavy (non-hydrogen) atoms. The molecular formula is C13H27IN4O2. The zero-order chi connectivity index (χ0) is 14.7. The van der Waals surface area contributed by atoms with Crippen LogP contribution in [0.25, 0.3) is 0 Å². The zero-order valence-electron chi connectivity index (χ0n) is 12.6. The van der Waals surface area contributed by atoms with Gasteiger partial charge in [-0.05, 0) is 33.6 Å². The normalized spacial score (nSPS) is 11.2. The quantitative estimate of drug-likeness (QED) is 0.201. The maximum absolute atomic E-state index is 11.3. The Kier molecular flexibility index (Phi) is 12.6. The number of guanidine groups is 1. The van der Waals surface area contributed by atoms with Crippen molar-refractivity contribution >= 4 is 36.0 Å². The number of alkyl carbamates (subject to hydrolysis) is 1. The van der Waals surface area contributed by atoms with E-state index in [1.165, 1.54) is 0 Å². The van der Waals surface area contributed by atoms with Crippen molar-refractivity contribution in [2.75, 3.05) is 19.6 Å². The molecule has 0 aliphatic carbocycles. The third-order valence-corrected chi connectivity index (χ3v) is 1.96. The second-order valence-corrected chi connectivity index (χ2v) is 5.07. The second-order valence-electron chi connectivity index (χ2n) is 5.07. The van der Waals surface area contributed by atoms with Gasteiger partial charge in [0.1, 0.15) is 5.60 Å². The first-order valence-corrected chi connectivity index (χ1v) is 6.46. The van der Waals surface area contributed by atoms with Crippen molar-refractivity contribution in [1.29, 1.82) is 0 Å². The van der Waals surface area contributed by atoms with Crippen LogP contribution in [0.4, 0.5) is 4.79 Å². The first kappa shape index (κ1) is 21.3. The first-order chi connectivity index (χ1) is 8.85. The molecule has 6 nitrogen and oxygen atoms in total. The number of hydrogen-bond donors (Lipinski definition) is 3. The van der Waals surface area contributed by atoms with Crippen LogP contribution < -0.4 is 16.4 Å². The van der Waals surface area contributed by atoms with Crippen molar-refractivity contribution in [1.82, 2.24) is 10.6 Å². The number of nitrogens with one attached hydrogen (secondary N) is 2. The van der Waals surface area contributed by atoms with Crippen LogP contribution in [0.3, 0.4) is 0 Å². The summed E-state index contributed by atoms with van der Waals surface area (Å²) in [5.74, 6) is 0.417. The molecular weight excluding hydrogens is 371 g/mol. The van der Waals surface area contributed by atoms with Crippen molar-refractivity contribution < 1.29 is 9.53 Å². The Morgan fingerprint density at radius 2 is 2.00 bits per heavy atom. The van der Waals surface area contributed by atoms with Crippen LogP contribution in [-0.2, 0) is 4.74 Å². The lowest BCUT2D eigenvalue weighted by atomic mass is 10.2. The lowest BCUT2D eigenvalue weighted by Gasteiger charge is -2.19. The Morgan fingerprint density at radius 1 is 1.35 bits per heavy atom. The van der Waals surface area contributed by atoms with E-state index in [9.17, 15) is 4.79 Å². The summed E-state index contributed by atoms with van der Waals surface area (Å²) in [5.41, 5.74) is 5.13. The van der Waals surface area contributed by atoms with Crippen LogP contribution in [0.5, 0.6) is 0 Å². The molecule has 0 radical (unpaired) electrons. The molecule has 0 aliphatic heterocycles. The number of rotatable bonds is 7. The number of carbonyl (C=O) groups excluding carboxylic acids is 1. The molecule has 0 unspecified atom stereocenters. The number of halogens is 1. The molecule has 0 saturated heterocycles. The van der Waals surface area contributed by atoms with Gasteiger partial charge < -0.3 is 21.1 Å². The molecule has 0 atom stereocenters. The van der Waals surface area contributed by atoms with Crippen LogP contribution in [0.15, 0.2) is 17.6 Å². The molecule has 0 bridgehead atoms. The molecule has 0 aromatic heterocycles. The van der Waals surface area contributed by atoms with E-state index in [1.54, 1.807) is 6.08 Å². The van der Waals surface area contributed by atoms with Gasteiger partial charge in [-0.2, -0.15) is 0 Å². The largest absolute Gasteiger partial charge is 0.444 e. The molecule has 1 amide bonds. The molecule has 0 spiro atoms. The minimum absolute atomic E-state index is 0. The second kappa shape index (κ2) is 11.8. The highest BCUT2D eigenvalue weighted by molar-refractivity contribution is 14.0. The van der Waals surface area contributed by atoms with Crippen molar-refractivity contribution in [2.45, 2.75) is 39.2 Å². The standard InChI is InChI=1S/C13H26N4O2.HI/c1-5-8-15-11(14)16-9-6-7-10-17-12(18)19-13(2,3)4;/h5H,1,6-10H2,2-4H3,(H,17,18)(H3,14,15,16);1H. The number of ether oxygens (including phenoxy) is 1. The highest BCUT2D eigenvalue weighted by Crippen LogP contribution is 2.06. The molecule has 0 fully saturated rings. The van der Waals surface area contributed by atoms with Gasteiger partial charge in [-0.3, -0.25) is 4.99 Å². The predicted octanol–water partition coefficient (Wildman–Crippen LogP) is 2.00. The number of nitrogens with two attached hydrogens (primary N) is 1. The fourth-order valence-electron chi connectivity index (χ4n) is 1.17. The maximum atomic E-state index is 11.3. The molecule has 7 heteroatoms. The van der Waals surface area contributed by atoms with Gasteiger partial charge in [-0.25, -0.2) is 4.79 Å². The van der Waals surface area contributed by atoms with Gasteiger partial charge in [0.15, 0.2) is 5.96 Å². The van der Waals surface area contributed by atoms with Gasteiger partial charge in [-0.15, -0.1) is 30.6 Å². The Labute approximate surface area is 138 Å². The summed E-state index contributed by atoms with van der Waals surface area (Å²) < 4.78 is 5.11. The van der Waals surface area contributed by atoms with Gasteiger partial charge in [0.05, 0.1) is 0 Å². The smallest absolute Gasteiger partial charge is 0.407 e. The van der Waals surface area contributed by atoms with Crippen molar-refractivity contribution in [3.63, 3.8) is 0 Å². The summed E-state index contributed by atoms with van der Waals surface area (Å²) in [6.45, 7) is 10.9. The summed E-state index contributed by atoms with van der Waals surface area (Å²) in [5, 5.41) is 5.58. The molecule has 0 rings (SSSR count). The topological polar surface area (TPSA) is 88.7 Å². The van der Waals surface area contributed by atoms with Crippen LogP contribution in [0.1, 0.15) is 33.6 Å². The molecule has 0 aromatic carbocycles. The Bertz CT molecular complexity index is 314. The predicted molar refractivity (Wildman–Crippen MR) is 93.6 cm³/mol. The number of hydrogen-bond acceptors (Lipinski definition) is 3. The third-order valence-electron chi connectivity index (χ3n) is 1.96. The maximum Gasteiger partial charge on any atom is 0.407 e. The van der Waals surface area contributed by atoms with E-state index in [4.69, 9.17) is 10.5 Å². The van der Waals surface area contributed by atoms with Gasteiger partial charge in [0.2, 0.25) is 0 Å². The summed E-state index contributed by atoms with van der Waals surface area (Å²) >= 11 is 0. The molecule has 0 heterocycles. The van der Waals surface area contributed by atoms with Crippen molar-refractivity contribution in [3.05, 3.63) is 12.7 Å². The number of aliphatic imine (C=N–C) groups is 1. The molecule has 0 aromatic rings. The van der Waals surface area contributed by atoms with Crippen LogP contribution >= 0.6 is 24.0 Å². The minimum atomic E-state index is -0.459. The monoisotopic (exact) mass is 398 g/mol. The van der Waals surface area contributed by atoms with E-state index in [0.29, 0.717) is 25.6 Å². The van der Waals surface area contributed by atoms with Gasteiger partial charge >= 0.3 is 6.09 Å². The van der Waals surface area contributed by atoms with Gasteiger partial charge in [0.25, 0.3) is 0 Å². The summed E-state index contributed by atoms with van der Waals surface area (Å²) in [6.07, 6.45) is 3.01. The SMILES string of the molecule is C=CCNC(N)=NCCCCNC(=O)OC(C)(C)C.I. The van der Waals surface area contributed by atoms with E-state index < -0.39 is 5.60 Å². The van der Waals surface area contributed by atoms with Crippen molar-refractivity contribution in [3.8, 4) is 0 Å². The van der Waals surface area contributed by atoms with E-state index in [1.807, 2.05) is 20.8 Å². The number of carbonyl (C=O) groups is 1. The summed E-state index contributed by atoms with van der Waals surface area (Å²) in [4.78, 5) is 15.4. The highest BCUT2D eigenvalue weighted by atomic mass is 127. The molecule has 4 N–H and O–H groups in total. The first-order valence-electron chi connectivity index (χ1n) is 6.46.